The third-order valence-electron chi connectivity index (χ3n) is 5.76. The Morgan fingerprint density at radius 3 is 2.40 bits per heavy atom. The van der Waals surface area contributed by atoms with Crippen LogP contribution in [0.1, 0.15) is 22.7 Å². The van der Waals surface area contributed by atoms with Crippen LogP contribution < -0.4 is 10.9 Å². The van der Waals surface area contributed by atoms with Gasteiger partial charge in [-0.3, -0.25) is 15.6 Å². The number of hydrogen-bond acceptors (Lipinski definition) is 7. The number of nitrogens with zero attached hydrogens (tertiary/aromatic N) is 4. The van der Waals surface area contributed by atoms with Crippen LogP contribution in [0, 0.1) is 5.82 Å². The number of nitrogens with one attached hydrogen (secondary N) is 2. The van der Waals surface area contributed by atoms with Crippen molar-refractivity contribution in [1.82, 2.24) is 15.9 Å². The SMILES string of the molecule is O=C1/C(=C\c2ccccc2)N=C(c2ccccc2)N1NC1=NC2=NNC(c3ccc(F)cc3)C2S1. The number of hydrogen-bond donors (Lipinski definition) is 2. The fourth-order valence-electron chi connectivity index (χ4n) is 4.05. The highest BCUT2D eigenvalue weighted by Crippen LogP contribution is 2.37. The minimum atomic E-state index is -0.287. The second-order valence-electron chi connectivity index (χ2n) is 8.08. The van der Waals surface area contributed by atoms with E-state index < -0.39 is 0 Å². The predicted octanol–water partition coefficient (Wildman–Crippen LogP) is 4.09. The van der Waals surface area contributed by atoms with Gasteiger partial charge in [-0.15, -0.1) is 0 Å². The third kappa shape index (κ3) is 4.10. The molecule has 3 heterocycles. The van der Waals surface area contributed by atoms with E-state index in [0.717, 1.165) is 16.7 Å². The summed E-state index contributed by atoms with van der Waals surface area (Å²) in [5.41, 5.74) is 9.17. The number of amides is 1. The Kier molecular flexibility index (Phi) is 5.38. The maximum Gasteiger partial charge on any atom is 0.297 e. The molecule has 3 aliphatic rings. The molecule has 0 aromatic heterocycles. The molecule has 0 aliphatic carbocycles. The van der Waals surface area contributed by atoms with E-state index in [0.29, 0.717) is 22.5 Å². The van der Waals surface area contributed by atoms with Gasteiger partial charge in [0, 0.05) is 5.56 Å². The predicted molar refractivity (Wildman–Crippen MR) is 136 cm³/mol. The molecule has 2 unspecified atom stereocenters. The Hall–Kier alpha value is -4.24. The van der Waals surface area contributed by atoms with Gasteiger partial charge < -0.3 is 0 Å². The van der Waals surface area contributed by atoms with Crippen molar-refractivity contribution < 1.29 is 9.18 Å². The molecule has 0 spiro atoms. The number of fused-ring (bicyclic) bond motifs is 1. The molecule has 3 aliphatic heterocycles. The van der Waals surface area contributed by atoms with E-state index in [2.05, 4.69) is 25.9 Å². The fourth-order valence-corrected chi connectivity index (χ4v) is 5.15. The van der Waals surface area contributed by atoms with Crippen LogP contribution in [0.3, 0.4) is 0 Å². The lowest BCUT2D eigenvalue weighted by atomic mass is 10.0. The highest BCUT2D eigenvalue weighted by molar-refractivity contribution is 8.15. The Bertz CT molecular complexity index is 1400. The first-order chi connectivity index (χ1) is 17.2. The number of hydrazine groups is 1. The molecule has 1 amide bonds. The molecule has 0 fully saturated rings. The van der Waals surface area contributed by atoms with Crippen molar-refractivity contribution in [2.45, 2.75) is 11.3 Å². The van der Waals surface area contributed by atoms with Crippen molar-refractivity contribution in [1.29, 1.82) is 0 Å². The standard InChI is InChI=1S/C26H19FN6OS/c27-19-13-11-17(12-14-19)21-22-23(31-30-21)29-26(35-22)32-33-24(18-9-5-2-6-10-18)28-20(25(33)34)15-16-7-3-1-4-8-16/h1-15,21-22,30H,(H,29,31,32)/b20-15+. The lowest BCUT2D eigenvalue weighted by Crippen LogP contribution is -2.46. The first kappa shape index (κ1) is 21.3. The molecular weight excluding hydrogens is 463 g/mol. The molecule has 0 radical (unpaired) electrons. The molecule has 35 heavy (non-hydrogen) atoms. The summed E-state index contributed by atoms with van der Waals surface area (Å²) in [6.45, 7) is 0. The number of carbonyl (C=O) groups is 1. The quantitative estimate of drug-likeness (QED) is 0.549. The lowest BCUT2D eigenvalue weighted by molar-refractivity contribution is -0.123. The number of benzene rings is 3. The van der Waals surface area contributed by atoms with Crippen LogP contribution in [-0.4, -0.2) is 33.0 Å². The molecular formula is C26H19FN6OS. The van der Waals surface area contributed by atoms with E-state index >= 15 is 0 Å². The van der Waals surface area contributed by atoms with Gasteiger partial charge in [-0.1, -0.05) is 84.6 Å². The summed E-state index contributed by atoms with van der Waals surface area (Å²) in [6.07, 6.45) is 1.77. The molecule has 172 valence electrons. The minimum Gasteiger partial charge on any atom is -0.299 e. The molecule has 2 atom stereocenters. The van der Waals surface area contributed by atoms with E-state index in [1.165, 1.54) is 28.9 Å². The monoisotopic (exact) mass is 482 g/mol. The van der Waals surface area contributed by atoms with Crippen LogP contribution in [0.4, 0.5) is 4.39 Å². The highest BCUT2D eigenvalue weighted by Gasteiger charge is 2.41. The van der Waals surface area contributed by atoms with Crippen molar-refractivity contribution in [3.8, 4) is 0 Å². The van der Waals surface area contributed by atoms with Gasteiger partial charge in [0.05, 0.1) is 6.04 Å². The average molecular weight is 483 g/mol. The summed E-state index contributed by atoms with van der Waals surface area (Å²) in [6, 6.07) is 25.3. The van der Waals surface area contributed by atoms with E-state index in [9.17, 15) is 9.18 Å². The van der Waals surface area contributed by atoms with Crippen LogP contribution in [0.5, 0.6) is 0 Å². The fraction of sp³-hybridized carbons (Fsp3) is 0.0769. The van der Waals surface area contributed by atoms with Crippen molar-refractivity contribution in [2.24, 2.45) is 15.1 Å². The Morgan fingerprint density at radius 2 is 1.66 bits per heavy atom. The largest absolute Gasteiger partial charge is 0.299 e. The summed E-state index contributed by atoms with van der Waals surface area (Å²) in [4.78, 5) is 22.6. The number of rotatable bonds is 4. The van der Waals surface area contributed by atoms with E-state index in [1.54, 1.807) is 18.2 Å². The Balaban J connectivity index is 1.26. The lowest BCUT2D eigenvalue weighted by Gasteiger charge is -2.21. The number of aliphatic imine (C=N–C) groups is 2. The van der Waals surface area contributed by atoms with Gasteiger partial charge in [0.1, 0.15) is 16.8 Å². The molecule has 0 saturated heterocycles. The molecule has 0 bridgehead atoms. The zero-order valence-corrected chi connectivity index (χ0v) is 19.1. The average Bonchev–Trinajstić information content (AvgIpc) is 3.55. The zero-order chi connectivity index (χ0) is 23.8. The van der Waals surface area contributed by atoms with E-state index in [1.807, 2.05) is 60.7 Å². The second-order valence-corrected chi connectivity index (χ2v) is 9.21. The number of thioether (sulfide) groups is 1. The van der Waals surface area contributed by atoms with Gasteiger partial charge in [-0.2, -0.15) is 10.1 Å². The molecule has 7 nitrogen and oxygen atoms in total. The van der Waals surface area contributed by atoms with Gasteiger partial charge in [0.25, 0.3) is 5.91 Å². The van der Waals surface area contributed by atoms with Gasteiger partial charge >= 0.3 is 0 Å². The summed E-state index contributed by atoms with van der Waals surface area (Å²) in [5.74, 6) is 0.554. The third-order valence-corrected chi connectivity index (χ3v) is 6.90. The van der Waals surface area contributed by atoms with Gasteiger partial charge in [0.2, 0.25) is 0 Å². The maximum atomic E-state index is 13.4. The van der Waals surface area contributed by atoms with E-state index in [4.69, 9.17) is 0 Å². The first-order valence-corrected chi connectivity index (χ1v) is 11.9. The minimum absolute atomic E-state index is 0.0999. The molecule has 3 aromatic rings. The molecule has 9 heteroatoms. The summed E-state index contributed by atoms with van der Waals surface area (Å²) < 4.78 is 13.4. The number of carbonyl (C=O) groups excluding carboxylic acids is 1. The molecule has 3 aromatic carbocycles. The van der Waals surface area contributed by atoms with Crippen molar-refractivity contribution >= 4 is 40.6 Å². The van der Waals surface area contributed by atoms with Crippen LogP contribution in [0.25, 0.3) is 6.08 Å². The second kappa shape index (κ2) is 8.84. The molecule has 2 N–H and O–H groups in total. The van der Waals surface area contributed by atoms with Crippen molar-refractivity contribution in [2.75, 3.05) is 0 Å². The zero-order valence-electron chi connectivity index (χ0n) is 18.3. The van der Waals surface area contributed by atoms with Gasteiger partial charge in [0.15, 0.2) is 16.8 Å². The first-order valence-electron chi connectivity index (χ1n) is 11.0. The van der Waals surface area contributed by atoms with Crippen LogP contribution in [0.15, 0.2) is 106 Å². The summed E-state index contributed by atoms with van der Waals surface area (Å²) in [7, 11) is 0. The number of halogens is 1. The summed E-state index contributed by atoms with van der Waals surface area (Å²) in [5, 5.41) is 6.22. The smallest absolute Gasteiger partial charge is 0.297 e. The van der Waals surface area contributed by atoms with Crippen LogP contribution in [-0.2, 0) is 4.79 Å². The van der Waals surface area contributed by atoms with Crippen LogP contribution in [0.2, 0.25) is 0 Å². The van der Waals surface area contributed by atoms with Crippen molar-refractivity contribution in [3.63, 3.8) is 0 Å². The Morgan fingerprint density at radius 1 is 0.943 bits per heavy atom. The van der Waals surface area contributed by atoms with Crippen molar-refractivity contribution in [3.05, 3.63) is 113 Å². The topological polar surface area (TPSA) is 81.5 Å². The number of amidine groups is 3. The summed E-state index contributed by atoms with van der Waals surface area (Å²) >= 11 is 1.46. The molecule has 0 saturated carbocycles. The maximum absolute atomic E-state index is 13.4. The highest BCUT2D eigenvalue weighted by atomic mass is 32.2. The van der Waals surface area contributed by atoms with E-state index in [-0.39, 0.29) is 23.0 Å². The Labute approximate surface area is 205 Å². The van der Waals surface area contributed by atoms with Crippen LogP contribution >= 0.6 is 11.8 Å². The molecule has 6 rings (SSSR count). The number of hydrazone groups is 1. The van der Waals surface area contributed by atoms with Gasteiger partial charge in [-0.05, 0) is 29.3 Å². The van der Waals surface area contributed by atoms with Gasteiger partial charge in [-0.25, -0.2) is 14.4 Å². The normalized spacial score (nSPS) is 22.0.